The van der Waals surface area contributed by atoms with E-state index in [1.165, 1.54) is 0 Å². The molecule has 2 rings (SSSR count). The predicted molar refractivity (Wildman–Crippen MR) is 58.8 cm³/mol. The summed E-state index contributed by atoms with van der Waals surface area (Å²) in [6.07, 6.45) is 5.04. The Morgan fingerprint density at radius 3 is 2.12 bits per heavy atom. The van der Waals surface area contributed by atoms with Crippen molar-refractivity contribution < 1.29 is 13.7 Å². The average molecular weight is 241 g/mol. The summed E-state index contributed by atoms with van der Waals surface area (Å²) < 4.78 is 26.9. The van der Waals surface area contributed by atoms with Crippen molar-refractivity contribution in [3.8, 4) is 0 Å². The van der Waals surface area contributed by atoms with Gasteiger partial charge in [-0.15, -0.1) is 0 Å². The third-order valence-corrected chi connectivity index (χ3v) is 3.30. The summed E-state index contributed by atoms with van der Waals surface area (Å²) in [5.74, 6) is -2.01. The summed E-state index contributed by atoms with van der Waals surface area (Å²) in [6.45, 7) is 0. The van der Waals surface area contributed by atoms with Crippen LogP contribution in [-0.2, 0) is 0 Å². The van der Waals surface area contributed by atoms with Crippen LogP contribution in [0.1, 0.15) is 43.6 Å². The van der Waals surface area contributed by atoms with Crippen molar-refractivity contribution in [1.82, 2.24) is 0 Å². The number of nitro benzene ring substituents is 1. The zero-order valence-corrected chi connectivity index (χ0v) is 9.29. The Bertz CT molecular complexity index is 419. The van der Waals surface area contributed by atoms with Crippen LogP contribution in [0.25, 0.3) is 0 Å². The van der Waals surface area contributed by atoms with Gasteiger partial charge in [0.1, 0.15) is 0 Å². The number of halogens is 2. The smallest absolute Gasteiger partial charge is 0.258 e. The highest BCUT2D eigenvalue weighted by atomic mass is 19.1. The van der Waals surface area contributed by atoms with E-state index < -0.39 is 22.2 Å². The Kier molecular flexibility index (Phi) is 3.36. The maximum atomic E-state index is 13.4. The van der Waals surface area contributed by atoms with Crippen LogP contribution in [-0.4, -0.2) is 4.92 Å². The summed E-state index contributed by atoms with van der Waals surface area (Å²) in [7, 11) is 0. The maximum Gasteiger partial charge on any atom is 0.340 e. The molecule has 1 fully saturated rings. The van der Waals surface area contributed by atoms with Crippen molar-refractivity contribution in [3.05, 3.63) is 39.4 Å². The molecule has 1 aliphatic carbocycles. The average Bonchev–Trinajstić information content (AvgIpc) is 2.28. The monoisotopic (exact) mass is 241 g/mol. The highest BCUT2D eigenvalue weighted by Gasteiger charge is 2.25. The largest absolute Gasteiger partial charge is 0.340 e. The highest BCUT2D eigenvalue weighted by Crippen LogP contribution is 2.35. The molecule has 0 spiro atoms. The zero-order valence-electron chi connectivity index (χ0n) is 9.29. The lowest BCUT2D eigenvalue weighted by molar-refractivity contribution is -0.390. The van der Waals surface area contributed by atoms with Gasteiger partial charge in [0.05, 0.1) is 4.92 Å². The summed E-state index contributed by atoms with van der Waals surface area (Å²) in [4.78, 5) is 9.44. The van der Waals surface area contributed by atoms with Gasteiger partial charge in [-0.25, -0.2) is 0 Å². The van der Waals surface area contributed by atoms with Gasteiger partial charge in [0.15, 0.2) is 0 Å². The quantitative estimate of drug-likeness (QED) is 0.581. The minimum Gasteiger partial charge on any atom is -0.258 e. The molecule has 0 N–H and O–H groups in total. The van der Waals surface area contributed by atoms with E-state index >= 15 is 0 Å². The first-order chi connectivity index (χ1) is 8.09. The number of nitrogens with zero attached hydrogens (tertiary/aromatic N) is 1. The van der Waals surface area contributed by atoms with Crippen LogP contribution in [0.5, 0.6) is 0 Å². The van der Waals surface area contributed by atoms with E-state index in [4.69, 9.17) is 0 Å². The number of benzene rings is 1. The highest BCUT2D eigenvalue weighted by molar-refractivity contribution is 5.38. The van der Waals surface area contributed by atoms with Crippen molar-refractivity contribution in [2.24, 2.45) is 0 Å². The second-order valence-corrected chi connectivity index (χ2v) is 4.43. The number of hydrogen-bond donors (Lipinski definition) is 0. The Morgan fingerprint density at radius 1 is 1.12 bits per heavy atom. The van der Waals surface area contributed by atoms with Gasteiger partial charge >= 0.3 is 5.69 Å². The molecule has 1 aromatic carbocycles. The fraction of sp³-hybridized carbons (Fsp3) is 0.500. The second kappa shape index (κ2) is 4.77. The molecule has 0 radical (unpaired) electrons. The standard InChI is InChI=1S/C12H13F2NO2/c13-10-6-9(8-4-2-1-3-5-8)7-11(14)12(10)15(16)17/h6-8H,1-5H2. The summed E-state index contributed by atoms with van der Waals surface area (Å²) >= 11 is 0. The van der Waals surface area contributed by atoms with E-state index in [0.29, 0.717) is 5.56 Å². The van der Waals surface area contributed by atoms with Crippen LogP contribution >= 0.6 is 0 Å². The molecule has 0 saturated heterocycles. The van der Waals surface area contributed by atoms with Gasteiger partial charge in [0, 0.05) is 0 Å². The topological polar surface area (TPSA) is 43.1 Å². The third-order valence-electron chi connectivity index (χ3n) is 3.30. The first-order valence-electron chi connectivity index (χ1n) is 5.73. The van der Waals surface area contributed by atoms with E-state index in [9.17, 15) is 18.9 Å². The molecule has 0 aromatic heterocycles. The van der Waals surface area contributed by atoms with Crippen LogP contribution in [0.2, 0.25) is 0 Å². The number of rotatable bonds is 2. The Morgan fingerprint density at radius 2 is 1.65 bits per heavy atom. The lowest BCUT2D eigenvalue weighted by atomic mass is 9.84. The van der Waals surface area contributed by atoms with Gasteiger partial charge in [-0.3, -0.25) is 10.1 Å². The predicted octanol–water partition coefficient (Wildman–Crippen LogP) is 3.92. The lowest BCUT2D eigenvalue weighted by Gasteiger charge is -2.21. The van der Waals surface area contributed by atoms with Crippen LogP contribution in [0, 0.1) is 21.7 Å². The first kappa shape index (κ1) is 12.0. The van der Waals surface area contributed by atoms with Crippen LogP contribution < -0.4 is 0 Å². The SMILES string of the molecule is O=[N+]([O-])c1c(F)cc(C2CCCCC2)cc1F. The molecule has 1 aromatic rings. The van der Waals surface area contributed by atoms with Crippen molar-refractivity contribution in [2.45, 2.75) is 38.0 Å². The molecule has 0 bridgehead atoms. The molecular formula is C12H13F2NO2. The fourth-order valence-corrected chi connectivity index (χ4v) is 2.43. The third kappa shape index (κ3) is 2.43. The van der Waals surface area contributed by atoms with Gasteiger partial charge in [-0.2, -0.15) is 8.78 Å². The maximum absolute atomic E-state index is 13.4. The van der Waals surface area contributed by atoms with E-state index in [2.05, 4.69) is 0 Å². The van der Waals surface area contributed by atoms with E-state index in [-0.39, 0.29) is 5.92 Å². The first-order valence-corrected chi connectivity index (χ1v) is 5.73. The molecule has 17 heavy (non-hydrogen) atoms. The molecular weight excluding hydrogens is 228 g/mol. The van der Waals surface area contributed by atoms with Crippen molar-refractivity contribution in [3.63, 3.8) is 0 Å². The van der Waals surface area contributed by atoms with Gasteiger partial charge in [-0.1, -0.05) is 19.3 Å². The lowest BCUT2D eigenvalue weighted by Crippen LogP contribution is -2.07. The van der Waals surface area contributed by atoms with Crippen molar-refractivity contribution in [1.29, 1.82) is 0 Å². The molecule has 92 valence electrons. The van der Waals surface area contributed by atoms with Crippen LogP contribution in [0.3, 0.4) is 0 Å². The molecule has 0 aliphatic heterocycles. The second-order valence-electron chi connectivity index (χ2n) is 4.43. The van der Waals surface area contributed by atoms with Crippen molar-refractivity contribution in [2.75, 3.05) is 0 Å². The van der Waals surface area contributed by atoms with E-state index in [0.717, 1.165) is 44.2 Å². The summed E-state index contributed by atoms with van der Waals surface area (Å²) in [5, 5.41) is 10.5. The van der Waals surface area contributed by atoms with E-state index in [1.807, 2.05) is 0 Å². The number of nitro groups is 1. The van der Waals surface area contributed by atoms with Gasteiger partial charge in [-0.05, 0) is 36.5 Å². The van der Waals surface area contributed by atoms with Gasteiger partial charge in [0.2, 0.25) is 11.6 Å². The Balaban J connectivity index is 2.34. The molecule has 0 atom stereocenters. The van der Waals surface area contributed by atoms with Crippen LogP contribution in [0.4, 0.5) is 14.5 Å². The Hall–Kier alpha value is -1.52. The zero-order chi connectivity index (χ0) is 12.4. The molecule has 0 unspecified atom stereocenters. The molecule has 0 heterocycles. The minimum atomic E-state index is -1.07. The van der Waals surface area contributed by atoms with Crippen LogP contribution in [0.15, 0.2) is 12.1 Å². The normalized spacial score (nSPS) is 17.1. The molecule has 5 heteroatoms. The van der Waals surface area contributed by atoms with Gasteiger partial charge < -0.3 is 0 Å². The summed E-state index contributed by atoms with van der Waals surface area (Å²) in [6, 6.07) is 2.22. The van der Waals surface area contributed by atoms with E-state index in [1.54, 1.807) is 0 Å². The fourth-order valence-electron chi connectivity index (χ4n) is 2.43. The summed E-state index contributed by atoms with van der Waals surface area (Å²) in [5.41, 5.74) is -0.505. The molecule has 1 aliphatic rings. The number of hydrogen-bond acceptors (Lipinski definition) is 2. The Labute approximate surface area is 97.6 Å². The van der Waals surface area contributed by atoms with Crippen molar-refractivity contribution >= 4 is 5.69 Å². The van der Waals surface area contributed by atoms with Gasteiger partial charge in [0.25, 0.3) is 0 Å². The molecule has 3 nitrogen and oxygen atoms in total. The molecule has 0 amide bonds. The minimum absolute atomic E-state index is 0.133. The molecule has 1 saturated carbocycles.